The predicted octanol–water partition coefficient (Wildman–Crippen LogP) is 1.49. The molecule has 0 saturated heterocycles. The first-order chi connectivity index (χ1) is 8.67. The van der Waals surface area contributed by atoms with E-state index in [1.807, 2.05) is 49.4 Å². The topological polar surface area (TPSA) is 46.0 Å². The van der Waals surface area contributed by atoms with Crippen molar-refractivity contribution in [1.82, 2.24) is 19.7 Å². The molecule has 0 aliphatic carbocycles. The Bertz CT molecular complexity index is 506. The Morgan fingerprint density at radius 3 is 2.83 bits per heavy atom. The van der Waals surface area contributed by atoms with Crippen LogP contribution >= 0.6 is 0 Å². The maximum atomic E-state index is 4.50. The molecule has 0 amide bonds. The fraction of sp³-hybridized carbons (Fsp3) is 0.385. The summed E-state index contributed by atoms with van der Waals surface area (Å²) in [5.74, 6) is 0.905. The summed E-state index contributed by atoms with van der Waals surface area (Å²) >= 11 is 0. The zero-order valence-corrected chi connectivity index (χ0v) is 11.1. The summed E-state index contributed by atoms with van der Waals surface area (Å²) in [7, 11) is 5.90. The lowest BCUT2D eigenvalue weighted by Crippen LogP contribution is -2.17. The maximum Gasteiger partial charge on any atom is 0.126 e. The molecule has 0 aliphatic rings. The van der Waals surface area contributed by atoms with Crippen LogP contribution in [0.1, 0.15) is 11.3 Å². The van der Waals surface area contributed by atoms with E-state index in [0.717, 1.165) is 24.6 Å². The largest absolute Gasteiger partial charge is 0.373 e. The van der Waals surface area contributed by atoms with Gasteiger partial charge in [0.1, 0.15) is 5.82 Å². The van der Waals surface area contributed by atoms with Crippen molar-refractivity contribution < 1.29 is 0 Å². The summed E-state index contributed by atoms with van der Waals surface area (Å²) in [6.45, 7) is 1.70. The highest BCUT2D eigenvalue weighted by atomic mass is 15.2. The molecule has 18 heavy (non-hydrogen) atoms. The molecule has 2 heterocycles. The lowest BCUT2D eigenvalue weighted by atomic mass is 10.3. The van der Waals surface area contributed by atoms with E-state index < -0.39 is 0 Å². The highest BCUT2D eigenvalue weighted by molar-refractivity contribution is 5.34. The Morgan fingerprint density at radius 1 is 1.33 bits per heavy atom. The maximum absolute atomic E-state index is 4.50. The van der Waals surface area contributed by atoms with Crippen LogP contribution in [-0.4, -0.2) is 33.8 Å². The van der Waals surface area contributed by atoms with Crippen molar-refractivity contribution in [1.29, 1.82) is 0 Å². The molecule has 2 rings (SSSR count). The smallest absolute Gasteiger partial charge is 0.126 e. The van der Waals surface area contributed by atoms with Crippen molar-refractivity contribution in [2.45, 2.75) is 13.1 Å². The first-order valence-corrected chi connectivity index (χ1v) is 5.97. The lowest BCUT2D eigenvalue weighted by Gasteiger charge is -2.15. The van der Waals surface area contributed by atoms with Gasteiger partial charge in [0.25, 0.3) is 0 Å². The number of anilines is 1. The molecule has 2 aromatic heterocycles. The fourth-order valence-corrected chi connectivity index (χ4v) is 1.90. The number of nitrogens with zero attached hydrogens (tertiary/aromatic N) is 4. The summed E-state index contributed by atoms with van der Waals surface area (Å²) in [4.78, 5) is 6.73. The van der Waals surface area contributed by atoms with E-state index in [4.69, 9.17) is 0 Å². The van der Waals surface area contributed by atoms with Gasteiger partial charge in [-0.25, -0.2) is 4.98 Å². The molecule has 5 nitrogen and oxygen atoms in total. The quantitative estimate of drug-likeness (QED) is 0.867. The minimum absolute atomic E-state index is 0.824. The minimum atomic E-state index is 0.824. The Kier molecular flexibility index (Phi) is 3.94. The number of hydrogen-bond acceptors (Lipinski definition) is 4. The molecule has 0 aromatic carbocycles. The van der Waals surface area contributed by atoms with E-state index in [0.29, 0.717) is 0 Å². The van der Waals surface area contributed by atoms with Gasteiger partial charge >= 0.3 is 0 Å². The van der Waals surface area contributed by atoms with Crippen molar-refractivity contribution in [2.24, 2.45) is 7.05 Å². The second kappa shape index (κ2) is 5.64. The van der Waals surface area contributed by atoms with Crippen LogP contribution in [-0.2, 0) is 20.1 Å². The van der Waals surface area contributed by atoms with Gasteiger partial charge in [0.05, 0.1) is 11.9 Å². The third-order valence-corrected chi connectivity index (χ3v) is 2.71. The van der Waals surface area contributed by atoms with E-state index >= 15 is 0 Å². The van der Waals surface area contributed by atoms with Gasteiger partial charge in [-0.2, -0.15) is 5.10 Å². The van der Waals surface area contributed by atoms with Gasteiger partial charge in [-0.15, -0.1) is 0 Å². The van der Waals surface area contributed by atoms with Crippen LogP contribution in [0.15, 0.2) is 30.6 Å². The molecule has 2 aromatic rings. The van der Waals surface area contributed by atoms with E-state index in [9.17, 15) is 0 Å². The highest BCUT2D eigenvalue weighted by Gasteiger charge is 2.04. The second-order valence-electron chi connectivity index (χ2n) is 4.46. The van der Waals surface area contributed by atoms with Gasteiger partial charge in [0.2, 0.25) is 0 Å². The van der Waals surface area contributed by atoms with Crippen LogP contribution in [0.5, 0.6) is 0 Å². The summed E-state index contributed by atoms with van der Waals surface area (Å²) < 4.78 is 1.82. The van der Waals surface area contributed by atoms with Crippen LogP contribution < -0.4 is 5.32 Å². The van der Waals surface area contributed by atoms with Gasteiger partial charge in [0.15, 0.2) is 0 Å². The Labute approximate surface area is 107 Å². The second-order valence-corrected chi connectivity index (χ2v) is 4.46. The fourth-order valence-electron chi connectivity index (χ4n) is 1.90. The van der Waals surface area contributed by atoms with E-state index in [-0.39, 0.29) is 0 Å². The molecule has 0 unspecified atom stereocenters. The molecular weight excluding hydrogens is 226 g/mol. The summed E-state index contributed by atoms with van der Waals surface area (Å²) in [6.07, 6.45) is 3.93. The van der Waals surface area contributed by atoms with Crippen LogP contribution in [0.25, 0.3) is 0 Å². The van der Waals surface area contributed by atoms with Crippen LogP contribution in [0.4, 0.5) is 5.82 Å². The van der Waals surface area contributed by atoms with Gasteiger partial charge in [-0.1, -0.05) is 6.07 Å². The molecule has 0 spiro atoms. The number of pyridine rings is 1. The Balaban J connectivity index is 1.96. The van der Waals surface area contributed by atoms with Crippen LogP contribution in [0.2, 0.25) is 0 Å². The molecule has 0 atom stereocenters. The average Bonchev–Trinajstić information content (AvgIpc) is 2.74. The van der Waals surface area contributed by atoms with Gasteiger partial charge < -0.3 is 5.32 Å². The zero-order chi connectivity index (χ0) is 13.0. The number of rotatable bonds is 5. The highest BCUT2D eigenvalue weighted by Crippen LogP contribution is 2.08. The monoisotopic (exact) mass is 245 g/mol. The van der Waals surface area contributed by atoms with Crippen LogP contribution in [0, 0.1) is 0 Å². The Morgan fingerprint density at radius 2 is 2.17 bits per heavy atom. The van der Waals surface area contributed by atoms with Crippen molar-refractivity contribution >= 4 is 5.82 Å². The number of hydrogen-bond donors (Lipinski definition) is 1. The van der Waals surface area contributed by atoms with Crippen molar-refractivity contribution in [2.75, 3.05) is 19.4 Å². The van der Waals surface area contributed by atoms with Crippen molar-refractivity contribution in [3.05, 3.63) is 41.9 Å². The third kappa shape index (κ3) is 3.30. The first-order valence-electron chi connectivity index (χ1n) is 5.97. The molecule has 1 N–H and O–H groups in total. The van der Waals surface area contributed by atoms with Crippen molar-refractivity contribution in [3.63, 3.8) is 0 Å². The lowest BCUT2D eigenvalue weighted by molar-refractivity contribution is 0.315. The Hall–Kier alpha value is -1.88. The normalized spacial score (nSPS) is 10.9. The molecule has 0 radical (unpaired) electrons. The molecule has 96 valence electrons. The standard InChI is InChI=1S/C13H19N5/c1-14-13-6-4-5-12(16-13)10-17(2)8-11-7-15-18(3)9-11/h4-7,9H,8,10H2,1-3H3,(H,14,16). The zero-order valence-electron chi connectivity index (χ0n) is 11.1. The summed E-state index contributed by atoms with van der Waals surface area (Å²) in [6, 6.07) is 6.03. The molecule has 5 heteroatoms. The number of nitrogens with one attached hydrogen (secondary N) is 1. The summed E-state index contributed by atoms with van der Waals surface area (Å²) in [5.41, 5.74) is 2.28. The molecular formula is C13H19N5. The number of aryl methyl sites for hydroxylation is 1. The van der Waals surface area contributed by atoms with E-state index in [1.54, 1.807) is 0 Å². The molecule has 0 aliphatic heterocycles. The molecule has 0 bridgehead atoms. The van der Waals surface area contributed by atoms with E-state index in [1.165, 1.54) is 5.56 Å². The molecule has 0 fully saturated rings. The summed E-state index contributed by atoms with van der Waals surface area (Å²) in [5, 5.41) is 7.22. The SMILES string of the molecule is CNc1cccc(CN(C)Cc2cnn(C)c2)n1. The predicted molar refractivity (Wildman–Crippen MR) is 72.2 cm³/mol. The van der Waals surface area contributed by atoms with Gasteiger partial charge in [-0.05, 0) is 19.2 Å². The van der Waals surface area contributed by atoms with E-state index in [2.05, 4.69) is 27.3 Å². The average molecular weight is 245 g/mol. The van der Waals surface area contributed by atoms with Crippen molar-refractivity contribution in [3.8, 4) is 0 Å². The molecule has 0 saturated carbocycles. The number of aromatic nitrogens is 3. The van der Waals surface area contributed by atoms with Gasteiger partial charge in [0, 0.05) is 38.9 Å². The minimum Gasteiger partial charge on any atom is -0.373 e. The first kappa shape index (κ1) is 12.6. The van der Waals surface area contributed by atoms with Gasteiger partial charge in [-0.3, -0.25) is 9.58 Å². The third-order valence-electron chi connectivity index (χ3n) is 2.71. The van der Waals surface area contributed by atoms with Crippen LogP contribution in [0.3, 0.4) is 0 Å².